The summed E-state index contributed by atoms with van der Waals surface area (Å²) in [7, 11) is 0. The van der Waals surface area contributed by atoms with Gasteiger partial charge in [-0.05, 0) is 24.6 Å². The Hall–Kier alpha value is -0.930. The predicted octanol–water partition coefficient (Wildman–Crippen LogP) is 4.31. The lowest BCUT2D eigenvalue weighted by Crippen LogP contribution is -2.29. The first kappa shape index (κ1) is 14.1. The molecule has 2 N–H and O–H groups in total. The van der Waals surface area contributed by atoms with Crippen LogP contribution >= 0.6 is 23.2 Å². The van der Waals surface area contributed by atoms with Gasteiger partial charge in [-0.3, -0.25) is 0 Å². The van der Waals surface area contributed by atoms with E-state index in [1.165, 1.54) is 0 Å². The summed E-state index contributed by atoms with van der Waals surface area (Å²) in [5.41, 5.74) is 0.521. The molecule has 0 bridgehead atoms. The minimum Gasteiger partial charge on any atom is -0.338 e. The van der Waals surface area contributed by atoms with Crippen LogP contribution in [0.1, 0.15) is 26.2 Å². The van der Waals surface area contributed by atoms with Gasteiger partial charge in [-0.1, -0.05) is 43.0 Å². The molecule has 0 aromatic heterocycles. The van der Waals surface area contributed by atoms with E-state index in [0.717, 1.165) is 19.3 Å². The number of hydrogen-bond acceptors (Lipinski definition) is 1. The summed E-state index contributed by atoms with van der Waals surface area (Å²) in [6, 6.07) is 4.69. The maximum Gasteiger partial charge on any atom is 0.319 e. The summed E-state index contributed by atoms with van der Waals surface area (Å²) in [5.74, 6) is 0. The van der Waals surface area contributed by atoms with E-state index in [2.05, 4.69) is 17.6 Å². The minimum absolute atomic E-state index is 0.259. The van der Waals surface area contributed by atoms with E-state index in [9.17, 15) is 4.79 Å². The highest BCUT2D eigenvalue weighted by Crippen LogP contribution is 2.25. The van der Waals surface area contributed by atoms with Gasteiger partial charge in [0.25, 0.3) is 0 Å². The fraction of sp³-hybridized carbons (Fsp3) is 0.417. The second-order valence-electron chi connectivity index (χ2n) is 3.71. The topological polar surface area (TPSA) is 41.1 Å². The lowest BCUT2D eigenvalue weighted by molar-refractivity contribution is 0.252. The summed E-state index contributed by atoms with van der Waals surface area (Å²) in [4.78, 5) is 11.5. The van der Waals surface area contributed by atoms with Crippen molar-refractivity contribution in [1.82, 2.24) is 5.32 Å². The van der Waals surface area contributed by atoms with Gasteiger partial charge in [0.2, 0.25) is 0 Å². The van der Waals surface area contributed by atoms with Crippen molar-refractivity contribution in [3.8, 4) is 0 Å². The summed E-state index contributed by atoms with van der Waals surface area (Å²) in [6.45, 7) is 2.78. The van der Waals surface area contributed by atoms with Crippen LogP contribution in [0.25, 0.3) is 0 Å². The monoisotopic (exact) mass is 274 g/mol. The van der Waals surface area contributed by atoms with Crippen molar-refractivity contribution < 1.29 is 4.79 Å². The SMILES string of the molecule is CCCCCNC(=O)Nc1cc(Cl)ccc1Cl. The zero-order chi connectivity index (χ0) is 12.7. The standard InChI is InChI=1S/C12H16Cl2N2O/c1-2-3-4-7-15-12(17)16-11-8-9(13)5-6-10(11)14/h5-6,8H,2-4,7H2,1H3,(H2,15,16,17). The molecule has 0 heterocycles. The maximum atomic E-state index is 11.5. The second kappa shape index (κ2) is 7.41. The predicted molar refractivity (Wildman–Crippen MR) is 73.0 cm³/mol. The van der Waals surface area contributed by atoms with Crippen molar-refractivity contribution in [2.75, 3.05) is 11.9 Å². The van der Waals surface area contributed by atoms with Gasteiger partial charge in [0.1, 0.15) is 0 Å². The molecule has 0 aliphatic heterocycles. The van der Waals surface area contributed by atoms with Gasteiger partial charge in [-0.15, -0.1) is 0 Å². The van der Waals surface area contributed by atoms with E-state index in [0.29, 0.717) is 22.3 Å². The van der Waals surface area contributed by atoms with Crippen LogP contribution < -0.4 is 10.6 Å². The second-order valence-corrected chi connectivity index (χ2v) is 4.56. The van der Waals surface area contributed by atoms with E-state index in [1.54, 1.807) is 18.2 Å². The molecule has 2 amide bonds. The molecule has 0 atom stereocenters. The van der Waals surface area contributed by atoms with Crippen LogP contribution in [-0.2, 0) is 0 Å². The fourth-order valence-electron chi connectivity index (χ4n) is 1.34. The zero-order valence-corrected chi connectivity index (χ0v) is 11.2. The number of halogens is 2. The van der Waals surface area contributed by atoms with Crippen molar-refractivity contribution >= 4 is 34.9 Å². The maximum absolute atomic E-state index is 11.5. The normalized spacial score (nSPS) is 10.1. The van der Waals surface area contributed by atoms with E-state index in [1.807, 2.05) is 0 Å². The first-order valence-corrected chi connectivity index (χ1v) is 6.39. The van der Waals surface area contributed by atoms with Crippen LogP contribution in [0.4, 0.5) is 10.5 Å². The van der Waals surface area contributed by atoms with Gasteiger partial charge in [-0.25, -0.2) is 4.79 Å². The van der Waals surface area contributed by atoms with Crippen LogP contribution in [0.15, 0.2) is 18.2 Å². The van der Waals surface area contributed by atoms with Crippen LogP contribution in [0, 0.1) is 0 Å². The van der Waals surface area contributed by atoms with Gasteiger partial charge >= 0.3 is 6.03 Å². The first-order chi connectivity index (χ1) is 8.13. The van der Waals surface area contributed by atoms with Crippen LogP contribution in [0.3, 0.4) is 0 Å². The lowest BCUT2D eigenvalue weighted by atomic mass is 10.2. The highest BCUT2D eigenvalue weighted by molar-refractivity contribution is 6.35. The minimum atomic E-state index is -0.259. The number of amides is 2. The quantitative estimate of drug-likeness (QED) is 0.772. The Bertz CT molecular complexity index is 383. The summed E-state index contributed by atoms with van der Waals surface area (Å²) >= 11 is 11.7. The number of rotatable bonds is 5. The fourth-order valence-corrected chi connectivity index (χ4v) is 1.67. The molecule has 0 saturated carbocycles. The average molecular weight is 275 g/mol. The Balaban J connectivity index is 2.42. The van der Waals surface area contributed by atoms with E-state index < -0.39 is 0 Å². The summed E-state index contributed by atoms with van der Waals surface area (Å²) in [6.07, 6.45) is 3.22. The van der Waals surface area contributed by atoms with Crippen LogP contribution in [-0.4, -0.2) is 12.6 Å². The molecule has 0 spiro atoms. The molecule has 0 radical (unpaired) electrons. The van der Waals surface area contributed by atoms with Gasteiger partial charge < -0.3 is 10.6 Å². The third kappa shape index (κ3) is 5.29. The molecule has 94 valence electrons. The van der Waals surface area contributed by atoms with E-state index in [-0.39, 0.29) is 6.03 Å². The molecule has 0 fully saturated rings. The number of anilines is 1. The lowest BCUT2D eigenvalue weighted by Gasteiger charge is -2.09. The Morgan fingerprint density at radius 2 is 2.06 bits per heavy atom. The Morgan fingerprint density at radius 3 is 2.76 bits per heavy atom. The number of unbranched alkanes of at least 4 members (excludes halogenated alkanes) is 2. The number of benzene rings is 1. The van der Waals surface area contributed by atoms with Gasteiger partial charge in [0.05, 0.1) is 10.7 Å². The Labute approximate surface area is 111 Å². The number of carbonyl (C=O) groups excluding carboxylic acids is 1. The van der Waals surface area contributed by atoms with Crippen molar-refractivity contribution in [3.63, 3.8) is 0 Å². The number of urea groups is 1. The van der Waals surface area contributed by atoms with Crippen LogP contribution in [0.2, 0.25) is 10.0 Å². The molecule has 1 aromatic rings. The third-order valence-electron chi connectivity index (χ3n) is 2.24. The molecule has 1 rings (SSSR count). The molecular formula is C12H16Cl2N2O. The third-order valence-corrected chi connectivity index (χ3v) is 2.81. The Morgan fingerprint density at radius 1 is 1.29 bits per heavy atom. The van der Waals surface area contributed by atoms with Crippen molar-refractivity contribution in [2.45, 2.75) is 26.2 Å². The molecule has 0 saturated heterocycles. The number of nitrogens with one attached hydrogen (secondary N) is 2. The molecule has 1 aromatic carbocycles. The molecule has 0 aliphatic rings. The Kier molecular flexibility index (Phi) is 6.16. The molecular weight excluding hydrogens is 259 g/mol. The smallest absolute Gasteiger partial charge is 0.319 e. The molecule has 0 aliphatic carbocycles. The average Bonchev–Trinajstić information content (AvgIpc) is 2.29. The zero-order valence-electron chi connectivity index (χ0n) is 9.72. The van der Waals surface area contributed by atoms with E-state index >= 15 is 0 Å². The molecule has 0 unspecified atom stereocenters. The summed E-state index contributed by atoms with van der Waals surface area (Å²) in [5, 5.41) is 6.43. The molecule has 3 nitrogen and oxygen atoms in total. The van der Waals surface area contributed by atoms with Gasteiger partial charge in [-0.2, -0.15) is 0 Å². The highest BCUT2D eigenvalue weighted by atomic mass is 35.5. The van der Waals surface area contributed by atoms with Crippen molar-refractivity contribution in [3.05, 3.63) is 28.2 Å². The summed E-state index contributed by atoms with van der Waals surface area (Å²) < 4.78 is 0. The first-order valence-electron chi connectivity index (χ1n) is 5.63. The highest BCUT2D eigenvalue weighted by Gasteiger charge is 2.05. The number of hydrogen-bond donors (Lipinski definition) is 2. The molecule has 17 heavy (non-hydrogen) atoms. The molecule has 5 heteroatoms. The van der Waals surface area contributed by atoms with Crippen molar-refractivity contribution in [2.24, 2.45) is 0 Å². The largest absolute Gasteiger partial charge is 0.338 e. The van der Waals surface area contributed by atoms with Crippen LogP contribution in [0.5, 0.6) is 0 Å². The number of carbonyl (C=O) groups is 1. The van der Waals surface area contributed by atoms with Gasteiger partial charge in [0.15, 0.2) is 0 Å². The van der Waals surface area contributed by atoms with Gasteiger partial charge in [0, 0.05) is 11.6 Å². The van der Waals surface area contributed by atoms with E-state index in [4.69, 9.17) is 23.2 Å². The van der Waals surface area contributed by atoms with Crippen molar-refractivity contribution in [1.29, 1.82) is 0 Å².